The number of thioether (sulfide) groups is 1. The molecule has 0 aliphatic carbocycles. The number of carbonyl (C=O) groups excluding carboxylic acids is 2. The highest BCUT2D eigenvalue weighted by molar-refractivity contribution is 8.01. The lowest BCUT2D eigenvalue weighted by atomic mass is 10.2. The van der Waals surface area contributed by atoms with E-state index in [9.17, 15) is 18.0 Å². The van der Waals surface area contributed by atoms with Crippen molar-refractivity contribution < 1.29 is 18.0 Å². The summed E-state index contributed by atoms with van der Waals surface area (Å²) in [5.74, 6) is -1.67. The summed E-state index contributed by atoms with van der Waals surface area (Å²) < 4.78 is 25.5. The number of benzene rings is 2. The van der Waals surface area contributed by atoms with E-state index >= 15 is 0 Å². The fourth-order valence-corrected chi connectivity index (χ4v) is 5.31. The Bertz CT molecular complexity index is 1020. The van der Waals surface area contributed by atoms with Crippen LogP contribution in [0.2, 0.25) is 5.02 Å². The fourth-order valence-electron chi connectivity index (χ4n) is 2.68. The normalized spacial score (nSPS) is 17.4. The van der Waals surface area contributed by atoms with Gasteiger partial charge in [0.2, 0.25) is 11.8 Å². The smallest absolute Gasteiger partial charge is 0.237 e. The molecule has 2 aromatic rings. The van der Waals surface area contributed by atoms with E-state index < -0.39 is 21.7 Å². The Morgan fingerprint density at radius 1 is 1.25 bits per heavy atom. The molecule has 3 rings (SSSR count). The van der Waals surface area contributed by atoms with Gasteiger partial charge < -0.3 is 10.6 Å². The summed E-state index contributed by atoms with van der Waals surface area (Å²) >= 11 is 7.19. The molecule has 0 radical (unpaired) electrons. The van der Waals surface area contributed by atoms with Crippen molar-refractivity contribution in [2.24, 2.45) is 5.92 Å². The number of rotatable bonds is 5. The predicted molar refractivity (Wildman–Crippen MR) is 112 cm³/mol. The molecule has 148 valence electrons. The van der Waals surface area contributed by atoms with Crippen molar-refractivity contribution >= 4 is 56.4 Å². The Hall–Kier alpha value is -2.03. The van der Waals surface area contributed by atoms with Crippen molar-refractivity contribution in [3.8, 4) is 0 Å². The zero-order valence-electron chi connectivity index (χ0n) is 15.2. The topological polar surface area (TPSA) is 92.3 Å². The first kappa shape index (κ1) is 20.7. The van der Waals surface area contributed by atoms with Crippen molar-refractivity contribution in [1.82, 2.24) is 0 Å². The van der Waals surface area contributed by atoms with Gasteiger partial charge in [-0.2, -0.15) is 0 Å². The van der Waals surface area contributed by atoms with E-state index in [0.717, 1.165) is 4.90 Å². The average molecular weight is 439 g/mol. The molecule has 0 aromatic heterocycles. The van der Waals surface area contributed by atoms with Gasteiger partial charge in [0.15, 0.2) is 9.84 Å². The van der Waals surface area contributed by atoms with Gasteiger partial charge in [-0.05, 0) is 49.4 Å². The molecule has 9 heteroatoms. The third kappa shape index (κ3) is 4.68. The maximum absolute atomic E-state index is 12.8. The lowest BCUT2D eigenvalue weighted by Gasteiger charge is -2.22. The molecular weight excluding hydrogens is 420 g/mol. The van der Waals surface area contributed by atoms with Crippen LogP contribution in [0.4, 0.5) is 11.4 Å². The van der Waals surface area contributed by atoms with Gasteiger partial charge in [-0.15, -0.1) is 11.8 Å². The van der Waals surface area contributed by atoms with Crippen LogP contribution in [-0.2, 0) is 19.4 Å². The number of amides is 2. The van der Waals surface area contributed by atoms with Gasteiger partial charge in [-0.3, -0.25) is 9.59 Å². The van der Waals surface area contributed by atoms with Crippen molar-refractivity contribution in [3.63, 3.8) is 0 Å². The minimum absolute atomic E-state index is 0.0767. The molecular formula is C19H19ClN2O4S2. The number of sulfone groups is 1. The Morgan fingerprint density at radius 2 is 1.93 bits per heavy atom. The fraction of sp³-hybridized carbons (Fsp3) is 0.263. The van der Waals surface area contributed by atoms with Crippen molar-refractivity contribution in [3.05, 3.63) is 47.5 Å². The lowest BCUT2D eigenvalue weighted by molar-refractivity contribution is -0.119. The molecule has 2 atom stereocenters. The minimum Gasteiger partial charge on any atom is -0.326 e. The van der Waals surface area contributed by atoms with Gasteiger partial charge in [0, 0.05) is 21.5 Å². The van der Waals surface area contributed by atoms with Gasteiger partial charge in [0.1, 0.15) is 0 Å². The van der Waals surface area contributed by atoms with Gasteiger partial charge in [-0.1, -0.05) is 18.5 Å². The maximum Gasteiger partial charge on any atom is 0.237 e. The van der Waals surface area contributed by atoms with Crippen LogP contribution in [0.1, 0.15) is 13.8 Å². The molecule has 0 spiro atoms. The highest BCUT2D eigenvalue weighted by Gasteiger charge is 2.27. The number of hydrogen-bond acceptors (Lipinski definition) is 5. The van der Waals surface area contributed by atoms with E-state index in [-0.39, 0.29) is 21.8 Å². The van der Waals surface area contributed by atoms with Crippen LogP contribution in [0, 0.1) is 5.92 Å². The zero-order valence-corrected chi connectivity index (χ0v) is 17.6. The molecule has 0 bridgehead atoms. The summed E-state index contributed by atoms with van der Waals surface area (Å²) in [5, 5.41) is 5.71. The van der Waals surface area contributed by atoms with Crippen molar-refractivity contribution in [2.45, 2.75) is 28.9 Å². The van der Waals surface area contributed by atoms with E-state index in [1.54, 1.807) is 44.2 Å². The minimum atomic E-state index is -3.71. The molecule has 28 heavy (non-hydrogen) atoms. The lowest BCUT2D eigenvalue weighted by Crippen LogP contribution is -2.28. The van der Waals surface area contributed by atoms with Crippen LogP contribution >= 0.6 is 23.4 Å². The number of fused-ring (bicyclic) bond motifs is 1. The van der Waals surface area contributed by atoms with E-state index in [0.29, 0.717) is 16.4 Å². The molecule has 1 aliphatic rings. The van der Waals surface area contributed by atoms with Gasteiger partial charge in [-0.25, -0.2) is 8.42 Å². The Balaban J connectivity index is 1.72. The van der Waals surface area contributed by atoms with Crippen LogP contribution in [0.15, 0.2) is 52.3 Å². The number of hydrogen-bond donors (Lipinski definition) is 2. The molecule has 2 aromatic carbocycles. The van der Waals surface area contributed by atoms with Gasteiger partial charge in [0.25, 0.3) is 0 Å². The van der Waals surface area contributed by atoms with E-state index in [4.69, 9.17) is 11.6 Å². The third-order valence-electron chi connectivity index (χ3n) is 4.27. The summed E-state index contributed by atoms with van der Waals surface area (Å²) in [7, 11) is -3.71. The summed E-state index contributed by atoms with van der Waals surface area (Å²) in [4.78, 5) is 25.1. The summed E-state index contributed by atoms with van der Waals surface area (Å²) in [6, 6.07) is 11.2. The SMILES string of the molecule is C[C@@H](CS(=O)(=O)c1ccc2c(c1)NC(=O)[C@@H](C)S2)C(=O)Nc1ccc(Cl)cc1. The van der Waals surface area contributed by atoms with E-state index in [2.05, 4.69) is 10.6 Å². The monoisotopic (exact) mass is 438 g/mol. The number of anilines is 2. The van der Waals surface area contributed by atoms with Crippen LogP contribution in [0.3, 0.4) is 0 Å². The van der Waals surface area contributed by atoms with Crippen molar-refractivity contribution in [2.75, 3.05) is 16.4 Å². The second kappa shape index (κ2) is 8.14. The Kier molecular flexibility index (Phi) is 6.02. The molecule has 6 nitrogen and oxygen atoms in total. The third-order valence-corrected chi connectivity index (χ3v) is 7.61. The molecule has 0 saturated heterocycles. The largest absolute Gasteiger partial charge is 0.326 e. The van der Waals surface area contributed by atoms with Crippen LogP contribution in [0.5, 0.6) is 0 Å². The molecule has 0 saturated carbocycles. The first-order valence-electron chi connectivity index (χ1n) is 8.56. The van der Waals surface area contributed by atoms with E-state index in [1.807, 2.05) is 0 Å². The van der Waals surface area contributed by atoms with Crippen LogP contribution in [0.25, 0.3) is 0 Å². The van der Waals surface area contributed by atoms with Gasteiger partial charge >= 0.3 is 0 Å². The average Bonchev–Trinajstić information content (AvgIpc) is 2.63. The van der Waals surface area contributed by atoms with Gasteiger partial charge in [0.05, 0.1) is 21.6 Å². The quantitative estimate of drug-likeness (QED) is 0.740. The molecule has 1 heterocycles. The van der Waals surface area contributed by atoms with Crippen LogP contribution < -0.4 is 10.6 Å². The highest BCUT2D eigenvalue weighted by atomic mass is 35.5. The maximum atomic E-state index is 12.8. The predicted octanol–water partition coefficient (Wildman–Crippen LogP) is 3.82. The van der Waals surface area contributed by atoms with Crippen LogP contribution in [-0.4, -0.2) is 31.2 Å². The number of carbonyl (C=O) groups is 2. The first-order chi connectivity index (χ1) is 13.2. The number of halogens is 1. The molecule has 1 aliphatic heterocycles. The number of nitrogens with one attached hydrogen (secondary N) is 2. The molecule has 0 unspecified atom stereocenters. The Labute approximate surface area is 173 Å². The molecule has 0 fully saturated rings. The summed E-state index contributed by atoms with van der Waals surface area (Å²) in [6.07, 6.45) is 0. The highest BCUT2D eigenvalue weighted by Crippen LogP contribution is 2.37. The molecule has 2 N–H and O–H groups in total. The zero-order chi connectivity index (χ0) is 20.5. The molecule has 2 amide bonds. The second-order valence-electron chi connectivity index (χ2n) is 6.59. The standard InChI is InChI=1S/C19H19ClN2O4S2/c1-11(18(23)21-14-5-3-13(20)4-6-14)10-28(25,26)15-7-8-17-16(9-15)22-19(24)12(2)27-17/h3-9,11-12H,10H2,1-2H3,(H,21,23)(H,22,24)/t11-,12+/m0/s1. The van der Waals surface area contributed by atoms with E-state index in [1.165, 1.54) is 23.9 Å². The first-order valence-corrected chi connectivity index (χ1v) is 11.5. The van der Waals surface area contributed by atoms with Crippen molar-refractivity contribution in [1.29, 1.82) is 0 Å². The Morgan fingerprint density at radius 3 is 2.61 bits per heavy atom. The second-order valence-corrected chi connectivity index (χ2v) is 10.4. The summed E-state index contributed by atoms with van der Waals surface area (Å²) in [5.41, 5.74) is 1.02. The summed E-state index contributed by atoms with van der Waals surface area (Å²) in [6.45, 7) is 3.34.